The summed E-state index contributed by atoms with van der Waals surface area (Å²) in [6.07, 6.45) is 0.208. The molecule has 0 aliphatic heterocycles. The Morgan fingerprint density at radius 3 is 2.07 bits per heavy atom. The number of nitrogens with one attached hydrogen (secondary N) is 1. The van der Waals surface area contributed by atoms with Gasteiger partial charge in [0.2, 0.25) is 11.8 Å². The Labute approximate surface area is 280 Å². The van der Waals surface area contributed by atoms with Crippen LogP contribution in [0.2, 0.25) is 10.0 Å². The molecule has 0 aliphatic carbocycles. The first-order chi connectivity index (χ1) is 22.0. The molecule has 0 aliphatic rings. The third kappa shape index (κ3) is 9.25. The molecule has 4 aromatic rings. The quantitative estimate of drug-likeness (QED) is 0.162. The van der Waals surface area contributed by atoms with E-state index in [0.717, 1.165) is 9.87 Å². The summed E-state index contributed by atoms with van der Waals surface area (Å²) >= 11 is 12.6. The summed E-state index contributed by atoms with van der Waals surface area (Å²) in [5, 5.41) is 3.74. The van der Waals surface area contributed by atoms with Gasteiger partial charge in [0.15, 0.2) is 0 Å². The van der Waals surface area contributed by atoms with Gasteiger partial charge in [-0.3, -0.25) is 13.9 Å². The molecular weight excluding hydrogens is 645 g/mol. The Morgan fingerprint density at radius 1 is 0.826 bits per heavy atom. The zero-order valence-electron chi connectivity index (χ0n) is 25.9. The van der Waals surface area contributed by atoms with Crippen LogP contribution in [0.15, 0.2) is 108 Å². The molecular formula is C35H37Cl2N3O5S. The number of halogens is 2. The van der Waals surface area contributed by atoms with E-state index in [4.69, 9.17) is 27.9 Å². The molecule has 0 saturated carbocycles. The monoisotopic (exact) mass is 681 g/mol. The summed E-state index contributed by atoms with van der Waals surface area (Å²) in [4.78, 5) is 29.7. The summed E-state index contributed by atoms with van der Waals surface area (Å²) in [5.74, 6) is -0.280. The molecule has 242 valence electrons. The van der Waals surface area contributed by atoms with Crippen LogP contribution in [0.5, 0.6) is 5.75 Å². The van der Waals surface area contributed by atoms with Crippen molar-refractivity contribution in [1.82, 2.24) is 10.2 Å². The second kappa shape index (κ2) is 16.0. The summed E-state index contributed by atoms with van der Waals surface area (Å²) < 4.78 is 34.5. The van der Waals surface area contributed by atoms with Gasteiger partial charge in [-0.15, -0.1) is 0 Å². The highest BCUT2D eigenvalue weighted by Crippen LogP contribution is 2.28. The van der Waals surface area contributed by atoms with E-state index in [2.05, 4.69) is 5.32 Å². The van der Waals surface area contributed by atoms with Gasteiger partial charge >= 0.3 is 0 Å². The van der Waals surface area contributed by atoms with Crippen molar-refractivity contribution in [1.29, 1.82) is 0 Å². The zero-order chi connectivity index (χ0) is 33.3. The van der Waals surface area contributed by atoms with E-state index in [-0.39, 0.29) is 35.4 Å². The van der Waals surface area contributed by atoms with Crippen LogP contribution >= 0.6 is 23.2 Å². The summed E-state index contributed by atoms with van der Waals surface area (Å²) in [5.41, 5.74) is 1.72. The highest BCUT2D eigenvalue weighted by Gasteiger charge is 2.34. The van der Waals surface area contributed by atoms with Crippen LogP contribution in [-0.2, 0) is 32.6 Å². The normalized spacial score (nSPS) is 12.0. The highest BCUT2D eigenvalue weighted by atomic mass is 35.5. The molecule has 8 nitrogen and oxygen atoms in total. The summed E-state index contributed by atoms with van der Waals surface area (Å²) in [7, 11) is -2.80. The number of anilines is 1. The predicted molar refractivity (Wildman–Crippen MR) is 183 cm³/mol. The van der Waals surface area contributed by atoms with E-state index in [1.54, 1.807) is 42.5 Å². The Morgan fingerprint density at radius 2 is 1.46 bits per heavy atom. The number of ether oxygens (including phenoxy) is 1. The number of hydrogen-bond acceptors (Lipinski definition) is 5. The van der Waals surface area contributed by atoms with Crippen molar-refractivity contribution in [2.75, 3.05) is 24.5 Å². The van der Waals surface area contributed by atoms with E-state index in [1.165, 1.54) is 42.3 Å². The average molecular weight is 683 g/mol. The number of carbonyl (C=O) groups excluding carboxylic acids is 2. The summed E-state index contributed by atoms with van der Waals surface area (Å²) in [6, 6.07) is 27.6. The lowest BCUT2D eigenvalue weighted by Crippen LogP contribution is -2.53. The molecule has 4 aromatic carbocycles. The maximum Gasteiger partial charge on any atom is 0.264 e. The molecule has 0 spiro atoms. The minimum absolute atomic E-state index is 0.0119. The first kappa shape index (κ1) is 34.8. The van der Waals surface area contributed by atoms with Crippen LogP contribution in [0.1, 0.15) is 25.0 Å². The Hall–Kier alpha value is -4.05. The number of benzene rings is 4. The van der Waals surface area contributed by atoms with Crippen LogP contribution in [0.25, 0.3) is 0 Å². The second-order valence-electron chi connectivity index (χ2n) is 11.2. The van der Waals surface area contributed by atoms with Gasteiger partial charge in [-0.25, -0.2) is 8.42 Å². The smallest absolute Gasteiger partial charge is 0.264 e. The molecule has 46 heavy (non-hydrogen) atoms. The van der Waals surface area contributed by atoms with Crippen molar-refractivity contribution >= 4 is 50.7 Å². The molecule has 0 radical (unpaired) electrons. The number of hydrogen-bond donors (Lipinski definition) is 1. The van der Waals surface area contributed by atoms with E-state index < -0.39 is 28.5 Å². The van der Waals surface area contributed by atoms with E-state index in [0.29, 0.717) is 27.9 Å². The maximum atomic E-state index is 14.5. The van der Waals surface area contributed by atoms with Gasteiger partial charge in [0, 0.05) is 29.6 Å². The van der Waals surface area contributed by atoms with Crippen LogP contribution in [-0.4, -0.2) is 51.4 Å². The molecule has 0 heterocycles. The van der Waals surface area contributed by atoms with Crippen molar-refractivity contribution in [3.8, 4) is 5.75 Å². The first-order valence-electron chi connectivity index (χ1n) is 14.8. The van der Waals surface area contributed by atoms with Gasteiger partial charge in [0.25, 0.3) is 10.0 Å². The lowest BCUT2D eigenvalue weighted by Gasteiger charge is -2.34. The average Bonchev–Trinajstić information content (AvgIpc) is 3.04. The first-order valence-corrected chi connectivity index (χ1v) is 17.0. The number of rotatable bonds is 14. The van der Waals surface area contributed by atoms with Crippen molar-refractivity contribution in [2.24, 2.45) is 5.92 Å². The number of sulfonamides is 1. The van der Waals surface area contributed by atoms with Crippen molar-refractivity contribution in [3.63, 3.8) is 0 Å². The zero-order valence-corrected chi connectivity index (χ0v) is 28.2. The van der Waals surface area contributed by atoms with E-state index >= 15 is 0 Å². The van der Waals surface area contributed by atoms with E-state index in [1.807, 2.05) is 44.2 Å². The summed E-state index contributed by atoms with van der Waals surface area (Å²) in [6.45, 7) is 3.78. The standard InChI is InChI=1S/C35H37Cl2N3O5S/c1-25(2)22-38-35(42)33(20-26-9-5-4-6-10-26)39(23-27-11-7-12-28(36)19-27)34(41)24-40(30-14-8-13-29(37)21-30)46(43,44)32-17-15-31(45-3)16-18-32/h4-19,21,25,33H,20,22-24H2,1-3H3,(H,38,42)/t33-/m1/s1. The number of nitrogens with zero attached hydrogens (tertiary/aromatic N) is 2. The van der Waals surface area contributed by atoms with Gasteiger partial charge in [-0.1, -0.05) is 85.6 Å². The van der Waals surface area contributed by atoms with E-state index in [9.17, 15) is 18.0 Å². The van der Waals surface area contributed by atoms with Gasteiger partial charge < -0.3 is 15.0 Å². The third-order valence-corrected chi connectivity index (χ3v) is 9.48. The topological polar surface area (TPSA) is 96.0 Å². The van der Waals surface area contributed by atoms with Crippen molar-refractivity contribution in [3.05, 3.63) is 124 Å². The fraction of sp³-hybridized carbons (Fsp3) is 0.257. The molecule has 1 N–H and O–H groups in total. The van der Waals surface area contributed by atoms with Gasteiger partial charge in [-0.05, 0) is 71.6 Å². The SMILES string of the molecule is COc1ccc(S(=O)(=O)N(CC(=O)N(Cc2cccc(Cl)c2)[C@H](Cc2ccccc2)C(=O)NCC(C)C)c2cccc(Cl)c2)cc1. The minimum Gasteiger partial charge on any atom is -0.497 e. The molecule has 0 fully saturated rings. The predicted octanol–water partition coefficient (Wildman–Crippen LogP) is 6.61. The molecule has 0 aromatic heterocycles. The fourth-order valence-electron chi connectivity index (χ4n) is 4.84. The molecule has 0 unspecified atom stereocenters. The minimum atomic E-state index is -4.28. The Bertz CT molecular complexity index is 1730. The lowest BCUT2D eigenvalue weighted by molar-refractivity contribution is -0.140. The largest absolute Gasteiger partial charge is 0.497 e. The molecule has 0 bridgehead atoms. The number of carbonyl (C=O) groups is 2. The number of amides is 2. The Kier molecular flexibility index (Phi) is 12.1. The molecule has 11 heteroatoms. The third-order valence-electron chi connectivity index (χ3n) is 7.22. The molecule has 0 saturated heterocycles. The van der Waals surface area contributed by atoms with Crippen LogP contribution in [0.4, 0.5) is 5.69 Å². The maximum absolute atomic E-state index is 14.5. The van der Waals surface area contributed by atoms with Gasteiger partial charge in [0.1, 0.15) is 18.3 Å². The molecule has 2 amide bonds. The number of methoxy groups -OCH3 is 1. The Balaban J connectivity index is 1.80. The van der Waals surface area contributed by atoms with Gasteiger partial charge in [0.05, 0.1) is 17.7 Å². The van der Waals surface area contributed by atoms with Gasteiger partial charge in [-0.2, -0.15) is 0 Å². The van der Waals surface area contributed by atoms with Crippen molar-refractivity contribution in [2.45, 2.75) is 37.8 Å². The second-order valence-corrected chi connectivity index (χ2v) is 13.9. The van der Waals surface area contributed by atoms with Crippen LogP contribution < -0.4 is 14.4 Å². The lowest BCUT2D eigenvalue weighted by atomic mass is 10.0. The highest BCUT2D eigenvalue weighted by molar-refractivity contribution is 7.92. The molecule has 4 rings (SSSR count). The van der Waals surface area contributed by atoms with Crippen LogP contribution in [0.3, 0.4) is 0 Å². The van der Waals surface area contributed by atoms with Crippen molar-refractivity contribution < 1.29 is 22.7 Å². The van der Waals surface area contributed by atoms with Crippen LogP contribution in [0, 0.1) is 5.92 Å². The fourth-order valence-corrected chi connectivity index (χ4v) is 6.65. The molecule has 1 atom stereocenters.